The number of nitrogens with zero attached hydrogens (tertiary/aromatic N) is 2. The van der Waals surface area contributed by atoms with E-state index in [1.807, 2.05) is 39.4 Å². The van der Waals surface area contributed by atoms with E-state index in [1.165, 1.54) is 28.0 Å². The number of hydrogen-bond donors (Lipinski definition) is 1. The number of piperidine rings is 1. The van der Waals surface area contributed by atoms with Crippen LogP contribution >= 0.6 is 11.3 Å². The molecule has 2 amide bonds. The third kappa shape index (κ3) is 4.73. The highest BCUT2D eigenvalue weighted by Crippen LogP contribution is 2.52. The molecule has 192 valence electrons. The van der Waals surface area contributed by atoms with Gasteiger partial charge in [0.1, 0.15) is 0 Å². The third-order valence-corrected chi connectivity index (χ3v) is 9.27. The van der Waals surface area contributed by atoms with Crippen LogP contribution in [0.25, 0.3) is 0 Å². The second-order valence-electron chi connectivity index (χ2n) is 11.8. The summed E-state index contributed by atoms with van der Waals surface area (Å²) in [7, 11) is 0. The number of anilines is 1. The molecule has 1 aromatic heterocycles. The monoisotopic (exact) mass is 513 g/mol. The van der Waals surface area contributed by atoms with E-state index in [9.17, 15) is 9.59 Å². The van der Waals surface area contributed by atoms with Gasteiger partial charge in [0.25, 0.3) is 11.8 Å². The molecular formula is C31H35N3O2S. The Morgan fingerprint density at radius 2 is 1.78 bits per heavy atom. The molecular weight excluding hydrogens is 478 g/mol. The van der Waals surface area contributed by atoms with Crippen LogP contribution in [0, 0.1) is 17.8 Å². The molecule has 2 aliphatic heterocycles. The van der Waals surface area contributed by atoms with Crippen LogP contribution in [0.15, 0.2) is 60.0 Å². The molecule has 3 heterocycles. The predicted molar refractivity (Wildman–Crippen MR) is 149 cm³/mol. The lowest BCUT2D eigenvalue weighted by atomic mass is 9.86. The predicted octanol–water partition coefficient (Wildman–Crippen LogP) is 5.36. The van der Waals surface area contributed by atoms with E-state index in [0.29, 0.717) is 24.3 Å². The van der Waals surface area contributed by atoms with Crippen molar-refractivity contribution in [3.05, 3.63) is 87.1 Å². The van der Waals surface area contributed by atoms with E-state index in [-0.39, 0.29) is 17.2 Å². The largest absolute Gasteiger partial charge is 0.338 e. The average molecular weight is 514 g/mol. The molecule has 3 aromatic rings. The number of rotatable bonds is 5. The molecule has 1 saturated heterocycles. The van der Waals surface area contributed by atoms with Crippen LogP contribution in [-0.2, 0) is 18.4 Å². The molecule has 2 unspecified atom stereocenters. The summed E-state index contributed by atoms with van der Waals surface area (Å²) in [5.41, 5.74) is 5.73. The first-order chi connectivity index (χ1) is 17.8. The van der Waals surface area contributed by atoms with Crippen molar-refractivity contribution < 1.29 is 9.59 Å². The molecule has 2 atom stereocenters. The first kappa shape index (κ1) is 24.4. The van der Waals surface area contributed by atoms with Gasteiger partial charge in [0.05, 0.1) is 4.88 Å². The Morgan fingerprint density at radius 1 is 1.03 bits per heavy atom. The number of thiophene rings is 1. The maximum atomic E-state index is 13.6. The lowest BCUT2D eigenvalue weighted by Gasteiger charge is -2.27. The molecule has 1 N–H and O–H groups in total. The molecule has 0 spiro atoms. The van der Waals surface area contributed by atoms with E-state index in [4.69, 9.17) is 0 Å². The number of likely N-dealkylation sites (tertiary alicyclic amines) is 1. The lowest BCUT2D eigenvalue weighted by molar-refractivity contribution is 0.0766. The minimum absolute atomic E-state index is 0.0745. The Balaban J connectivity index is 1.15. The van der Waals surface area contributed by atoms with Gasteiger partial charge in [0.2, 0.25) is 0 Å². The SMILES string of the molecule is CC(C)(C)c1ccc(C(=O)N2CC3C(C2)C3CN(C(=O)c2cccs2)c2ccc3c(c2)CNCC3)cc1. The van der Waals surface area contributed by atoms with Crippen LogP contribution in [0.3, 0.4) is 0 Å². The Bertz CT molecular complexity index is 1300. The molecule has 37 heavy (non-hydrogen) atoms. The number of carbonyl (C=O) groups excluding carboxylic acids is 2. The summed E-state index contributed by atoms with van der Waals surface area (Å²) >= 11 is 1.50. The molecule has 1 aliphatic carbocycles. The molecule has 6 rings (SSSR count). The van der Waals surface area contributed by atoms with Gasteiger partial charge in [-0.1, -0.05) is 45.0 Å². The van der Waals surface area contributed by atoms with Crippen molar-refractivity contribution in [1.82, 2.24) is 10.2 Å². The Kier molecular flexibility index (Phi) is 6.20. The van der Waals surface area contributed by atoms with E-state index < -0.39 is 0 Å². The third-order valence-electron chi connectivity index (χ3n) is 8.42. The Hall–Kier alpha value is -2.96. The van der Waals surface area contributed by atoms with Gasteiger partial charge in [-0.05, 0) is 88.5 Å². The van der Waals surface area contributed by atoms with Gasteiger partial charge in [0, 0.05) is 37.4 Å². The summed E-state index contributed by atoms with van der Waals surface area (Å²) in [6.45, 7) is 10.7. The molecule has 3 aliphatic rings. The summed E-state index contributed by atoms with van der Waals surface area (Å²) < 4.78 is 0. The van der Waals surface area contributed by atoms with Crippen molar-refractivity contribution in [3.8, 4) is 0 Å². The van der Waals surface area contributed by atoms with Gasteiger partial charge in [-0.25, -0.2) is 0 Å². The van der Waals surface area contributed by atoms with Gasteiger partial charge >= 0.3 is 0 Å². The number of nitrogens with one attached hydrogen (secondary N) is 1. The van der Waals surface area contributed by atoms with Crippen molar-refractivity contribution in [1.29, 1.82) is 0 Å². The molecule has 0 bridgehead atoms. The normalized spacial score (nSPS) is 22.4. The quantitative estimate of drug-likeness (QED) is 0.500. The van der Waals surface area contributed by atoms with E-state index in [2.05, 4.69) is 56.4 Å². The molecule has 0 radical (unpaired) electrons. The fourth-order valence-corrected chi connectivity index (χ4v) is 6.74. The molecule has 6 heteroatoms. The fourth-order valence-electron chi connectivity index (χ4n) is 6.07. The van der Waals surface area contributed by atoms with Crippen molar-refractivity contribution in [3.63, 3.8) is 0 Å². The maximum Gasteiger partial charge on any atom is 0.268 e. The number of amides is 2. The average Bonchev–Trinajstić information content (AvgIpc) is 3.30. The molecule has 1 saturated carbocycles. The zero-order chi connectivity index (χ0) is 25.7. The highest BCUT2D eigenvalue weighted by molar-refractivity contribution is 7.12. The van der Waals surface area contributed by atoms with Crippen molar-refractivity contribution in [2.24, 2.45) is 17.8 Å². The second-order valence-corrected chi connectivity index (χ2v) is 12.7. The number of carbonyl (C=O) groups is 2. The lowest BCUT2D eigenvalue weighted by Crippen LogP contribution is -2.37. The highest BCUT2D eigenvalue weighted by atomic mass is 32.1. The van der Waals surface area contributed by atoms with Gasteiger partial charge < -0.3 is 15.1 Å². The van der Waals surface area contributed by atoms with E-state index >= 15 is 0 Å². The number of benzene rings is 2. The summed E-state index contributed by atoms with van der Waals surface area (Å²) in [6, 6.07) is 18.5. The van der Waals surface area contributed by atoms with E-state index in [1.54, 1.807) is 0 Å². The van der Waals surface area contributed by atoms with Crippen molar-refractivity contribution >= 4 is 28.8 Å². The first-order valence-electron chi connectivity index (χ1n) is 13.4. The van der Waals surface area contributed by atoms with Crippen LogP contribution in [-0.4, -0.2) is 42.9 Å². The number of fused-ring (bicyclic) bond motifs is 2. The van der Waals surface area contributed by atoms with Crippen LogP contribution in [0.5, 0.6) is 0 Å². The van der Waals surface area contributed by atoms with Gasteiger partial charge in [-0.2, -0.15) is 0 Å². The van der Waals surface area contributed by atoms with Gasteiger partial charge in [-0.15, -0.1) is 11.3 Å². The van der Waals surface area contributed by atoms with Gasteiger partial charge in [0.15, 0.2) is 0 Å². The Morgan fingerprint density at radius 3 is 2.46 bits per heavy atom. The Labute approximate surface area is 223 Å². The second kappa shape index (κ2) is 9.41. The van der Waals surface area contributed by atoms with E-state index in [0.717, 1.165) is 48.7 Å². The smallest absolute Gasteiger partial charge is 0.268 e. The number of hydrogen-bond acceptors (Lipinski definition) is 4. The van der Waals surface area contributed by atoms with Crippen LogP contribution in [0.4, 0.5) is 5.69 Å². The zero-order valence-electron chi connectivity index (χ0n) is 21.9. The minimum atomic E-state index is 0.0745. The topological polar surface area (TPSA) is 52.7 Å². The fraction of sp³-hybridized carbons (Fsp3) is 0.419. The van der Waals surface area contributed by atoms with Crippen LogP contribution < -0.4 is 10.2 Å². The maximum absolute atomic E-state index is 13.6. The zero-order valence-corrected chi connectivity index (χ0v) is 22.7. The summed E-state index contributed by atoms with van der Waals surface area (Å²) in [5, 5.41) is 5.41. The minimum Gasteiger partial charge on any atom is -0.338 e. The summed E-state index contributed by atoms with van der Waals surface area (Å²) in [6.07, 6.45) is 1.03. The van der Waals surface area contributed by atoms with Gasteiger partial charge in [-0.3, -0.25) is 9.59 Å². The first-order valence-corrected chi connectivity index (χ1v) is 14.3. The summed E-state index contributed by atoms with van der Waals surface area (Å²) in [5.74, 6) is 1.58. The van der Waals surface area contributed by atoms with Crippen molar-refractivity contribution in [2.75, 3.05) is 31.1 Å². The van der Waals surface area contributed by atoms with Crippen LogP contribution in [0.2, 0.25) is 0 Å². The molecule has 2 aromatic carbocycles. The summed E-state index contributed by atoms with van der Waals surface area (Å²) in [4.78, 5) is 31.5. The molecule has 5 nitrogen and oxygen atoms in total. The van der Waals surface area contributed by atoms with Crippen LogP contribution in [0.1, 0.15) is 57.5 Å². The van der Waals surface area contributed by atoms with Crippen molar-refractivity contribution in [2.45, 2.75) is 39.2 Å². The standard InChI is InChI=1S/C31H35N3O2S/c1-31(2,3)23-9-6-21(7-10-23)29(35)33-17-25-26(18-33)27(25)19-34(30(36)28-5-4-14-37-28)24-11-8-20-12-13-32-16-22(20)15-24/h4-11,14-15,25-27,32H,12-13,16-19H2,1-3H3. The molecule has 2 fully saturated rings. The highest BCUT2D eigenvalue weighted by Gasteiger charge is 2.57.